The molecule has 3 atom stereocenters. The number of hydrogen-bond acceptors (Lipinski definition) is 3. The van der Waals surface area contributed by atoms with Gasteiger partial charge in [0, 0.05) is 0 Å². The Bertz CT molecular complexity index is 406. The van der Waals surface area contributed by atoms with E-state index < -0.39 is 0 Å². The molecule has 0 spiro atoms. The van der Waals surface area contributed by atoms with Crippen molar-refractivity contribution in [2.45, 2.75) is 65.2 Å². The molecule has 3 nitrogen and oxygen atoms in total. The smallest absolute Gasteiger partial charge is 0.317 e. The van der Waals surface area contributed by atoms with Crippen LogP contribution in [0.3, 0.4) is 0 Å². The van der Waals surface area contributed by atoms with Crippen LogP contribution in [0.25, 0.3) is 0 Å². The first-order valence-corrected chi connectivity index (χ1v) is 8.25. The van der Waals surface area contributed by atoms with Crippen molar-refractivity contribution < 1.29 is 14.3 Å². The second kappa shape index (κ2) is 5.16. The van der Waals surface area contributed by atoms with E-state index in [9.17, 15) is 9.59 Å². The molecule has 0 aromatic rings. The fraction of sp³-hybridized carbons (Fsp3) is 0.882. The van der Waals surface area contributed by atoms with Crippen LogP contribution in [-0.2, 0) is 14.3 Å². The topological polar surface area (TPSA) is 43.4 Å². The number of hydrogen-bond donors (Lipinski definition) is 0. The maximum atomic E-state index is 12.5. The van der Waals surface area contributed by atoms with Crippen molar-refractivity contribution in [1.82, 2.24) is 0 Å². The Morgan fingerprint density at radius 1 is 0.950 bits per heavy atom. The largest absolute Gasteiger partial charge is 0.393 e. The predicted octanol–water partition coefficient (Wildman–Crippen LogP) is 3.71. The van der Waals surface area contributed by atoms with Crippen LogP contribution in [-0.4, -0.2) is 11.9 Å². The average Bonchev–Trinajstić information content (AvgIpc) is 2.97. The minimum atomic E-state index is -0.256. The summed E-state index contributed by atoms with van der Waals surface area (Å²) in [5.41, 5.74) is 0.00679. The van der Waals surface area contributed by atoms with E-state index in [-0.39, 0.29) is 29.2 Å². The van der Waals surface area contributed by atoms with Crippen LogP contribution in [0.5, 0.6) is 0 Å². The summed E-state index contributed by atoms with van der Waals surface area (Å²) in [6, 6.07) is 0. The van der Waals surface area contributed by atoms with Gasteiger partial charge in [0.1, 0.15) is 0 Å². The van der Waals surface area contributed by atoms with E-state index in [0.717, 1.165) is 38.5 Å². The molecule has 0 aromatic heterocycles. The number of rotatable bonds is 2. The van der Waals surface area contributed by atoms with E-state index in [1.165, 1.54) is 12.8 Å². The molecule has 3 saturated carbocycles. The van der Waals surface area contributed by atoms with Gasteiger partial charge in [-0.3, -0.25) is 9.59 Å². The van der Waals surface area contributed by atoms with E-state index in [0.29, 0.717) is 11.8 Å². The Kier molecular flexibility index (Phi) is 3.64. The van der Waals surface area contributed by atoms with Crippen molar-refractivity contribution in [3.8, 4) is 0 Å². The first-order valence-electron chi connectivity index (χ1n) is 8.25. The molecule has 3 aliphatic carbocycles. The molecule has 3 rings (SSSR count). The molecule has 0 saturated heterocycles. The molecule has 2 bridgehead atoms. The quantitative estimate of drug-likeness (QED) is 0.571. The lowest BCUT2D eigenvalue weighted by Gasteiger charge is -2.36. The van der Waals surface area contributed by atoms with Gasteiger partial charge in [0.15, 0.2) is 0 Å². The Balaban J connectivity index is 1.63. The van der Waals surface area contributed by atoms with Gasteiger partial charge in [-0.1, -0.05) is 33.1 Å². The number of fused-ring (bicyclic) bond motifs is 2. The standard InChI is InChI=1S/C17H26O3/c1-17(2)13-9-8-12(10-13)14(17)16(19)20-15(18)11-6-4-3-5-7-11/h11-14H,3-10H2,1-2H3. The van der Waals surface area contributed by atoms with Gasteiger partial charge < -0.3 is 4.74 Å². The Labute approximate surface area is 121 Å². The summed E-state index contributed by atoms with van der Waals surface area (Å²) in [6.45, 7) is 4.35. The van der Waals surface area contributed by atoms with Crippen molar-refractivity contribution in [2.75, 3.05) is 0 Å². The molecular formula is C17H26O3. The highest BCUT2D eigenvalue weighted by atomic mass is 16.6. The molecule has 3 aliphatic rings. The number of carbonyl (C=O) groups is 2. The molecule has 0 aromatic carbocycles. The van der Waals surface area contributed by atoms with Gasteiger partial charge in [0.25, 0.3) is 0 Å². The normalized spacial score (nSPS) is 36.0. The first-order chi connectivity index (χ1) is 9.50. The summed E-state index contributed by atoms with van der Waals surface area (Å²) in [7, 11) is 0. The third kappa shape index (κ3) is 2.29. The monoisotopic (exact) mass is 278 g/mol. The average molecular weight is 278 g/mol. The predicted molar refractivity (Wildman–Crippen MR) is 75.8 cm³/mol. The van der Waals surface area contributed by atoms with Crippen LogP contribution in [0, 0.1) is 29.1 Å². The van der Waals surface area contributed by atoms with Crippen molar-refractivity contribution in [3.05, 3.63) is 0 Å². The second-order valence-electron chi connectivity index (χ2n) is 7.64. The van der Waals surface area contributed by atoms with Crippen molar-refractivity contribution in [3.63, 3.8) is 0 Å². The van der Waals surface area contributed by atoms with Crippen molar-refractivity contribution in [2.24, 2.45) is 29.1 Å². The lowest BCUT2D eigenvalue weighted by Crippen LogP contribution is -2.39. The van der Waals surface area contributed by atoms with E-state index >= 15 is 0 Å². The summed E-state index contributed by atoms with van der Waals surface area (Å²) in [5.74, 6) is 0.491. The zero-order valence-electron chi connectivity index (χ0n) is 12.7. The Hall–Kier alpha value is -0.860. The van der Waals surface area contributed by atoms with Gasteiger partial charge in [-0.2, -0.15) is 0 Å². The molecule has 20 heavy (non-hydrogen) atoms. The van der Waals surface area contributed by atoms with Crippen LogP contribution in [0.1, 0.15) is 65.2 Å². The summed E-state index contributed by atoms with van der Waals surface area (Å²) >= 11 is 0. The van der Waals surface area contributed by atoms with Gasteiger partial charge in [-0.25, -0.2) is 0 Å². The SMILES string of the molecule is CC1(C)C2CCC(C2)C1C(=O)OC(=O)C1CCCCC1. The summed E-state index contributed by atoms with van der Waals surface area (Å²) in [6.07, 6.45) is 8.69. The van der Waals surface area contributed by atoms with Crippen molar-refractivity contribution in [1.29, 1.82) is 0 Å². The fourth-order valence-electron chi connectivity index (χ4n) is 4.94. The number of ether oxygens (including phenoxy) is 1. The summed E-state index contributed by atoms with van der Waals surface area (Å²) in [5, 5.41) is 0. The summed E-state index contributed by atoms with van der Waals surface area (Å²) in [4.78, 5) is 24.6. The van der Waals surface area contributed by atoms with Crippen molar-refractivity contribution >= 4 is 11.9 Å². The van der Waals surface area contributed by atoms with Crippen LogP contribution < -0.4 is 0 Å². The fourth-order valence-corrected chi connectivity index (χ4v) is 4.94. The zero-order valence-corrected chi connectivity index (χ0v) is 12.7. The van der Waals surface area contributed by atoms with Gasteiger partial charge in [0.2, 0.25) is 0 Å². The number of esters is 2. The Morgan fingerprint density at radius 2 is 1.65 bits per heavy atom. The lowest BCUT2D eigenvalue weighted by molar-refractivity contribution is -0.170. The molecule has 0 N–H and O–H groups in total. The molecule has 112 valence electrons. The van der Waals surface area contributed by atoms with Crippen LogP contribution in [0.2, 0.25) is 0 Å². The van der Waals surface area contributed by atoms with Crippen LogP contribution >= 0.6 is 0 Å². The maximum absolute atomic E-state index is 12.5. The highest BCUT2D eigenvalue weighted by Gasteiger charge is 2.56. The van der Waals surface area contributed by atoms with E-state index in [1.807, 2.05) is 0 Å². The van der Waals surface area contributed by atoms with Gasteiger partial charge in [-0.05, 0) is 49.4 Å². The first kappa shape index (κ1) is 14.1. The minimum Gasteiger partial charge on any atom is -0.393 e. The molecule has 0 radical (unpaired) electrons. The molecule has 3 fully saturated rings. The molecule has 3 unspecified atom stereocenters. The Morgan fingerprint density at radius 3 is 2.25 bits per heavy atom. The van der Waals surface area contributed by atoms with Crippen LogP contribution in [0.15, 0.2) is 0 Å². The molecule has 3 heteroatoms. The van der Waals surface area contributed by atoms with Gasteiger partial charge in [-0.15, -0.1) is 0 Å². The van der Waals surface area contributed by atoms with Crippen LogP contribution in [0.4, 0.5) is 0 Å². The highest BCUT2D eigenvalue weighted by Crippen LogP contribution is 2.59. The third-order valence-corrected chi connectivity index (χ3v) is 6.19. The highest BCUT2D eigenvalue weighted by molar-refractivity contribution is 5.88. The summed E-state index contributed by atoms with van der Waals surface area (Å²) < 4.78 is 5.28. The molecule has 0 amide bonds. The maximum Gasteiger partial charge on any atom is 0.317 e. The van der Waals surface area contributed by atoms with Gasteiger partial charge in [0.05, 0.1) is 11.8 Å². The molecule has 0 aliphatic heterocycles. The minimum absolute atomic E-state index is 0.00679. The van der Waals surface area contributed by atoms with Gasteiger partial charge >= 0.3 is 11.9 Å². The lowest BCUT2D eigenvalue weighted by atomic mass is 9.69. The number of carbonyl (C=O) groups excluding carboxylic acids is 2. The molecular weight excluding hydrogens is 252 g/mol. The van der Waals surface area contributed by atoms with E-state index in [1.54, 1.807) is 0 Å². The third-order valence-electron chi connectivity index (χ3n) is 6.19. The van der Waals surface area contributed by atoms with E-state index in [4.69, 9.17) is 4.74 Å². The molecule has 0 heterocycles. The zero-order chi connectivity index (χ0) is 14.3. The second-order valence-corrected chi connectivity index (χ2v) is 7.64. The van der Waals surface area contributed by atoms with E-state index in [2.05, 4.69) is 13.8 Å².